The van der Waals surface area contributed by atoms with Gasteiger partial charge in [-0.3, -0.25) is 14.4 Å². The first-order valence-corrected chi connectivity index (χ1v) is 9.03. The topological polar surface area (TPSA) is 95.5 Å². The Hall–Kier alpha value is -1.59. The molecule has 24 heavy (non-hydrogen) atoms. The molecule has 0 aromatic rings. The number of hydrogen-bond donors (Lipinski definition) is 3. The Balaban J connectivity index is 4.64. The third-order valence-electron chi connectivity index (χ3n) is 4.25. The normalized spacial score (nSPS) is 14.8. The van der Waals surface area contributed by atoms with Crippen molar-refractivity contribution in [3.05, 3.63) is 0 Å². The number of hydrogen-bond acceptors (Lipinski definition) is 3. The Labute approximate surface area is 145 Å². The lowest BCUT2D eigenvalue weighted by atomic mass is 9.88. The van der Waals surface area contributed by atoms with E-state index in [4.69, 9.17) is 5.11 Å². The van der Waals surface area contributed by atoms with E-state index >= 15 is 0 Å². The van der Waals surface area contributed by atoms with Gasteiger partial charge in [-0.1, -0.05) is 13.8 Å². The lowest BCUT2D eigenvalue weighted by Crippen LogP contribution is -2.35. The van der Waals surface area contributed by atoms with Gasteiger partial charge in [0.2, 0.25) is 11.8 Å². The van der Waals surface area contributed by atoms with Crippen LogP contribution in [-0.4, -0.2) is 35.5 Å². The summed E-state index contributed by atoms with van der Waals surface area (Å²) in [6, 6.07) is 0.0972. The summed E-state index contributed by atoms with van der Waals surface area (Å²) >= 11 is 0. The molecule has 3 unspecified atom stereocenters. The van der Waals surface area contributed by atoms with Gasteiger partial charge in [-0.15, -0.1) is 0 Å². The molecule has 3 atom stereocenters. The van der Waals surface area contributed by atoms with Crippen molar-refractivity contribution in [2.45, 2.75) is 72.8 Å². The lowest BCUT2D eigenvalue weighted by Gasteiger charge is -2.20. The summed E-state index contributed by atoms with van der Waals surface area (Å²) in [7, 11) is 0. The molecule has 0 radical (unpaired) electrons. The van der Waals surface area contributed by atoms with Gasteiger partial charge in [-0.2, -0.15) is 0 Å². The number of rotatable bonds is 12. The van der Waals surface area contributed by atoms with Crippen LogP contribution in [0.25, 0.3) is 0 Å². The first kappa shape index (κ1) is 22.4. The first-order chi connectivity index (χ1) is 11.2. The van der Waals surface area contributed by atoms with E-state index in [0.29, 0.717) is 38.6 Å². The molecule has 0 aliphatic heterocycles. The maximum atomic E-state index is 12.2. The van der Waals surface area contributed by atoms with Crippen LogP contribution in [0.15, 0.2) is 0 Å². The van der Waals surface area contributed by atoms with Crippen LogP contribution < -0.4 is 10.6 Å². The third kappa shape index (κ3) is 8.89. The molecule has 0 saturated carbocycles. The van der Waals surface area contributed by atoms with Gasteiger partial charge in [-0.05, 0) is 52.9 Å². The number of amides is 2. The number of carboxylic acids is 1. The molecule has 0 aliphatic carbocycles. The molecule has 0 aliphatic rings. The summed E-state index contributed by atoms with van der Waals surface area (Å²) in [4.78, 5) is 35.3. The molecule has 0 aromatic carbocycles. The molecule has 6 nitrogen and oxygen atoms in total. The Morgan fingerprint density at radius 1 is 0.875 bits per heavy atom. The van der Waals surface area contributed by atoms with E-state index in [1.807, 2.05) is 34.6 Å². The summed E-state index contributed by atoms with van der Waals surface area (Å²) in [6.45, 7) is 9.95. The van der Waals surface area contributed by atoms with Crippen LogP contribution in [0.3, 0.4) is 0 Å². The van der Waals surface area contributed by atoms with Crippen LogP contribution >= 0.6 is 0 Å². The van der Waals surface area contributed by atoms with Crippen LogP contribution in [0.2, 0.25) is 0 Å². The van der Waals surface area contributed by atoms with Gasteiger partial charge < -0.3 is 15.7 Å². The second kappa shape index (κ2) is 11.9. The Bertz CT molecular complexity index is 410. The van der Waals surface area contributed by atoms with E-state index in [2.05, 4.69) is 10.6 Å². The molecule has 0 saturated heterocycles. The Morgan fingerprint density at radius 2 is 1.42 bits per heavy atom. The summed E-state index contributed by atoms with van der Waals surface area (Å²) in [5.41, 5.74) is 0. The van der Waals surface area contributed by atoms with E-state index in [9.17, 15) is 14.4 Å². The molecule has 0 heterocycles. The molecule has 0 bridgehead atoms. The zero-order chi connectivity index (χ0) is 18.7. The van der Waals surface area contributed by atoms with E-state index in [-0.39, 0.29) is 29.7 Å². The van der Waals surface area contributed by atoms with Crippen molar-refractivity contribution in [1.82, 2.24) is 10.6 Å². The summed E-state index contributed by atoms with van der Waals surface area (Å²) in [5.74, 6) is -1.68. The van der Waals surface area contributed by atoms with E-state index in [1.165, 1.54) is 0 Å². The maximum Gasteiger partial charge on any atom is 0.306 e. The number of carboxylic acid groups (broad SMARTS) is 1. The van der Waals surface area contributed by atoms with Crippen molar-refractivity contribution < 1.29 is 19.5 Å². The fourth-order valence-corrected chi connectivity index (χ4v) is 2.64. The average Bonchev–Trinajstić information content (AvgIpc) is 2.49. The highest BCUT2D eigenvalue weighted by atomic mass is 16.4. The van der Waals surface area contributed by atoms with Gasteiger partial charge in [0.25, 0.3) is 0 Å². The highest BCUT2D eigenvalue weighted by Crippen LogP contribution is 2.22. The first-order valence-electron chi connectivity index (χ1n) is 9.03. The predicted octanol–water partition coefficient (Wildman–Crippen LogP) is 2.57. The molecular weight excluding hydrogens is 308 g/mol. The molecule has 0 aromatic heterocycles. The summed E-state index contributed by atoms with van der Waals surface area (Å²) in [6.07, 6.45) is 2.79. The molecule has 0 spiro atoms. The Morgan fingerprint density at radius 3 is 1.88 bits per heavy atom. The van der Waals surface area contributed by atoms with E-state index in [1.54, 1.807) is 0 Å². The molecule has 0 fully saturated rings. The van der Waals surface area contributed by atoms with Crippen LogP contribution in [0.5, 0.6) is 0 Å². The van der Waals surface area contributed by atoms with Gasteiger partial charge in [0.1, 0.15) is 0 Å². The largest absolute Gasteiger partial charge is 0.481 e. The summed E-state index contributed by atoms with van der Waals surface area (Å²) < 4.78 is 0. The van der Waals surface area contributed by atoms with Gasteiger partial charge >= 0.3 is 5.97 Å². The average molecular weight is 342 g/mol. The third-order valence-corrected chi connectivity index (χ3v) is 4.25. The van der Waals surface area contributed by atoms with Crippen LogP contribution in [0.4, 0.5) is 0 Å². The fraction of sp³-hybridized carbons (Fsp3) is 0.833. The van der Waals surface area contributed by atoms with Gasteiger partial charge in [0.15, 0.2) is 0 Å². The lowest BCUT2D eigenvalue weighted by molar-refractivity contribution is -0.142. The molecule has 2 amide bonds. The van der Waals surface area contributed by atoms with Crippen molar-refractivity contribution in [3.63, 3.8) is 0 Å². The minimum atomic E-state index is -0.808. The molecule has 6 heteroatoms. The van der Waals surface area contributed by atoms with Gasteiger partial charge in [0.05, 0.1) is 5.92 Å². The quantitative estimate of drug-likeness (QED) is 0.508. The van der Waals surface area contributed by atoms with Gasteiger partial charge in [-0.25, -0.2) is 0 Å². The van der Waals surface area contributed by atoms with Crippen molar-refractivity contribution in [1.29, 1.82) is 0 Å². The standard InChI is InChI=1S/C18H34N2O4/c1-6-14(18(23)24)10-11-15(17(22)19-7-2)9-8-13(5)16(21)20-12(3)4/h12-15H,6-11H2,1-5H3,(H,19,22)(H,20,21)(H,23,24). The molecule has 140 valence electrons. The van der Waals surface area contributed by atoms with E-state index < -0.39 is 11.9 Å². The van der Waals surface area contributed by atoms with Crippen LogP contribution in [0.1, 0.15) is 66.7 Å². The molecule has 3 N–H and O–H groups in total. The number of carbonyl (C=O) groups excluding carboxylic acids is 2. The minimum Gasteiger partial charge on any atom is -0.481 e. The van der Waals surface area contributed by atoms with Crippen LogP contribution in [-0.2, 0) is 14.4 Å². The number of nitrogens with one attached hydrogen (secondary N) is 2. The maximum absolute atomic E-state index is 12.2. The van der Waals surface area contributed by atoms with Crippen molar-refractivity contribution in [3.8, 4) is 0 Å². The minimum absolute atomic E-state index is 0.00313. The summed E-state index contributed by atoms with van der Waals surface area (Å²) in [5, 5.41) is 14.8. The van der Waals surface area contributed by atoms with Crippen molar-refractivity contribution >= 4 is 17.8 Å². The van der Waals surface area contributed by atoms with Crippen molar-refractivity contribution in [2.75, 3.05) is 6.54 Å². The molecule has 0 rings (SSSR count). The zero-order valence-corrected chi connectivity index (χ0v) is 15.7. The van der Waals surface area contributed by atoms with Crippen LogP contribution in [0, 0.1) is 17.8 Å². The monoisotopic (exact) mass is 342 g/mol. The molecular formula is C18H34N2O4. The second-order valence-electron chi connectivity index (χ2n) is 6.75. The zero-order valence-electron chi connectivity index (χ0n) is 15.7. The van der Waals surface area contributed by atoms with E-state index in [0.717, 1.165) is 0 Å². The second-order valence-corrected chi connectivity index (χ2v) is 6.75. The SMILES string of the molecule is CCNC(=O)C(CCC(C)C(=O)NC(C)C)CCC(CC)C(=O)O. The fourth-order valence-electron chi connectivity index (χ4n) is 2.64. The van der Waals surface area contributed by atoms with Gasteiger partial charge in [0, 0.05) is 24.4 Å². The smallest absolute Gasteiger partial charge is 0.306 e. The highest BCUT2D eigenvalue weighted by molar-refractivity contribution is 5.80. The highest BCUT2D eigenvalue weighted by Gasteiger charge is 2.24. The number of aliphatic carboxylic acids is 1. The van der Waals surface area contributed by atoms with Crippen molar-refractivity contribution in [2.24, 2.45) is 17.8 Å². The Kier molecular flexibility index (Phi) is 11.1. The number of carbonyl (C=O) groups is 3. The predicted molar refractivity (Wildman–Crippen MR) is 94.5 cm³/mol.